The number of carboxylic acid groups (broad SMARTS) is 1. The molecule has 0 heterocycles. The second kappa shape index (κ2) is 8.86. The third-order valence-electron chi connectivity index (χ3n) is 2.24. The van der Waals surface area contributed by atoms with Crippen LogP contribution >= 0.6 is 0 Å². The van der Waals surface area contributed by atoms with Crippen LogP contribution in [0.5, 0.6) is 0 Å². The fourth-order valence-electron chi connectivity index (χ4n) is 1.25. The van der Waals surface area contributed by atoms with Crippen LogP contribution in [-0.4, -0.2) is 47.9 Å². The first-order valence-corrected chi connectivity index (χ1v) is 5.60. The molecule has 9 nitrogen and oxygen atoms in total. The predicted molar refractivity (Wildman–Crippen MR) is 67.0 cm³/mol. The van der Waals surface area contributed by atoms with E-state index in [1.165, 1.54) is 6.29 Å². The zero-order valence-electron chi connectivity index (χ0n) is 10.3. The summed E-state index contributed by atoms with van der Waals surface area (Å²) in [7, 11) is 0. The summed E-state index contributed by atoms with van der Waals surface area (Å²) in [5, 5.41) is 20.6. The van der Waals surface area contributed by atoms with Crippen molar-refractivity contribution in [2.75, 3.05) is 6.54 Å². The monoisotopic (exact) mass is 272 g/mol. The number of hydrogen-bond acceptors (Lipinski definition) is 5. The van der Waals surface area contributed by atoms with E-state index in [1.807, 2.05) is 0 Å². The maximum atomic E-state index is 11.4. The first-order chi connectivity index (χ1) is 8.88. The molecular weight excluding hydrogens is 254 g/mol. The number of amides is 1. The molecule has 19 heavy (non-hydrogen) atoms. The van der Waals surface area contributed by atoms with Gasteiger partial charge in [-0.3, -0.25) is 15.0 Å². The Hall–Kier alpha value is -2.16. The molecule has 0 saturated carbocycles. The third-order valence-corrected chi connectivity index (χ3v) is 2.24. The van der Waals surface area contributed by atoms with E-state index in [0.717, 1.165) is 0 Å². The molecule has 0 bridgehead atoms. The predicted octanol–water partition coefficient (Wildman–Crippen LogP) is -2.35. The van der Waals surface area contributed by atoms with Gasteiger partial charge in [-0.05, 0) is 12.8 Å². The van der Waals surface area contributed by atoms with Gasteiger partial charge < -0.3 is 27.2 Å². The van der Waals surface area contributed by atoms with E-state index in [0.29, 0.717) is 13.0 Å². The average Bonchev–Trinajstić information content (AvgIpc) is 2.32. The Morgan fingerprint density at radius 1 is 1.42 bits per heavy atom. The number of aliphatic carboxylic acids is 1. The fourth-order valence-corrected chi connectivity index (χ4v) is 1.25. The molecule has 1 amide bonds. The number of carbonyl (C=O) groups is 2. The Morgan fingerprint density at radius 2 is 2.05 bits per heavy atom. The summed E-state index contributed by atoms with van der Waals surface area (Å²) in [6.07, 6.45) is 1.74. The molecule has 9 heteroatoms. The van der Waals surface area contributed by atoms with Crippen LogP contribution in [0.4, 0.5) is 0 Å². The molecule has 8 N–H and O–H groups in total. The van der Waals surface area contributed by atoms with Crippen molar-refractivity contribution in [1.82, 2.24) is 10.6 Å². The SMILES string of the molecule is N=C(N)NCCC[C@H](NC(=O)[C@@H](N)C[C]=O)C(=O)O. The van der Waals surface area contributed by atoms with E-state index in [-0.39, 0.29) is 18.8 Å². The van der Waals surface area contributed by atoms with E-state index in [2.05, 4.69) is 10.6 Å². The maximum Gasteiger partial charge on any atom is 0.326 e. The van der Waals surface area contributed by atoms with Gasteiger partial charge in [-0.15, -0.1) is 0 Å². The summed E-state index contributed by atoms with van der Waals surface area (Å²) in [4.78, 5) is 32.4. The molecule has 0 aliphatic rings. The molecule has 2 atom stereocenters. The summed E-state index contributed by atoms with van der Waals surface area (Å²) in [6.45, 7) is 0.323. The first-order valence-electron chi connectivity index (χ1n) is 5.60. The number of carboxylic acids is 1. The van der Waals surface area contributed by atoms with Gasteiger partial charge in [0.2, 0.25) is 12.2 Å². The smallest absolute Gasteiger partial charge is 0.326 e. The zero-order chi connectivity index (χ0) is 14.8. The molecule has 0 unspecified atom stereocenters. The van der Waals surface area contributed by atoms with Crippen LogP contribution in [-0.2, 0) is 14.4 Å². The van der Waals surface area contributed by atoms with E-state index in [9.17, 15) is 14.4 Å². The standard InChI is InChI=1S/C10H18N5O4/c11-6(3-5-16)8(17)15-7(9(18)19)2-1-4-14-10(12)13/h6-7H,1-4,11H2,(H,15,17)(H,18,19)(H4,12,13,14)/t6-,7-/m0/s1. The lowest BCUT2D eigenvalue weighted by Crippen LogP contribution is -2.48. The van der Waals surface area contributed by atoms with Crippen LogP contribution in [0.25, 0.3) is 0 Å². The summed E-state index contributed by atoms with van der Waals surface area (Å²) in [5.41, 5.74) is 10.4. The van der Waals surface area contributed by atoms with Gasteiger partial charge in [-0.25, -0.2) is 4.79 Å². The van der Waals surface area contributed by atoms with Crippen LogP contribution in [0.15, 0.2) is 0 Å². The van der Waals surface area contributed by atoms with E-state index < -0.39 is 24.0 Å². The van der Waals surface area contributed by atoms with Crippen LogP contribution < -0.4 is 22.1 Å². The van der Waals surface area contributed by atoms with Crippen molar-refractivity contribution >= 4 is 24.1 Å². The summed E-state index contributed by atoms with van der Waals surface area (Å²) >= 11 is 0. The Kier molecular flexibility index (Phi) is 7.85. The van der Waals surface area contributed by atoms with E-state index >= 15 is 0 Å². The summed E-state index contributed by atoms with van der Waals surface area (Å²) in [5.74, 6) is -2.12. The number of guanidine groups is 1. The summed E-state index contributed by atoms with van der Waals surface area (Å²) < 4.78 is 0. The Labute approximate surface area is 110 Å². The maximum absolute atomic E-state index is 11.4. The first kappa shape index (κ1) is 16.8. The van der Waals surface area contributed by atoms with Gasteiger partial charge in [-0.2, -0.15) is 0 Å². The lowest BCUT2D eigenvalue weighted by molar-refractivity contribution is -0.142. The molecule has 0 aliphatic carbocycles. The largest absolute Gasteiger partial charge is 0.480 e. The van der Waals surface area contributed by atoms with E-state index in [4.69, 9.17) is 22.0 Å². The summed E-state index contributed by atoms with van der Waals surface area (Å²) in [6, 6.07) is -2.20. The highest BCUT2D eigenvalue weighted by Gasteiger charge is 2.22. The topological polar surface area (TPSA) is 171 Å². The molecule has 0 rings (SSSR count). The van der Waals surface area contributed by atoms with Gasteiger partial charge in [0.05, 0.1) is 6.04 Å². The van der Waals surface area contributed by atoms with Crippen LogP contribution in [0.3, 0.4) is 0 Å². The molecule has 107 valence electrons. The lowest BCUT2D eigenvalue weighted by Gasteiger charge is -2.16. The normalized spacial score (nSPS) is 13.1. The quantitative estimate of drug-likeness (QED) is 0.155. The molecule has 0 aromatic heterocycles. The fraction of sp³-hybridized carbons (Fsp3) is 0.600. The molecule has 0 aromatic rings. The minimum absolute atomic E-state index is 0.152. The molecule has 0 spiro atoms. The number of hydrogen-bond donors (Lipinski definition) is 6. The van der Waals surface area contributed by atoms with Gasteiger partial charge >= 0.3 is 5.97 Å². The number of carbonyl (C=O) groups excluding carboxylic acids is 2. The molecule has 1 radical (unpaired) electrons. The molecule has 0 aromatic carbocycles. The number of nitrogens with two attached hydrogens (primary N) is 2. The van der Waals surface area contributed by atoms with Crippen molar-refractivity contribution in [3.8, 4) is 0 Å². The molecule has 0 aliphatic heterocycles. The van der Waals surface area contributed by atoms with Crippen molar-refractivity contribution in [2.24, 2.45) is 11.5 Å². The molecule has 0 saturated heterocycles. The Morgan fingerprint density at radius 3 is 2.53 bits per heavy atom. The van der Waals surface area contributed by atoms with Crippen molar-refractivity contribution in [1.29, 1.82) is 5.41 Å². The minimum Gasteiger partial charge on any atom is -0.480 e. The second-order valence-corrected chi connectivity index (χ2v) is 3.84. The minimum atomic E-state index is -1.20. The van der Waals surface area contributed by atoms with Crippen molar-refractivity contribution in [3.05, 3.63) is 0 Å². The van der Waals surface area contributed by atoms with Crippen LogP contribution in [0, 0.1) is 5.41 Å². The van der Waals surface area contributed by atoms with Gasteiger partial charge in [0.15, 0.2) is 5.96 Å². The number of nitrogens with one attached hydrogen (secondary N) is 3. The van der Waals surface area contributed by atoms with Crippen molar-refractivity contribution in [3.63, 3.8) is 0 Å². The van der Waals surface area contributed by atoms with Gasteiger partial charge in [-0.1, -0.05) is 0 Å². The lowest BCUT2D eigenvalue weighted by atomic mass is 10.1. The molecule has 0 fully saturated rings. The Balaban J connectivity index is 4.18. The highest BCUT2D eigenvalue weighted by molar-refractivity contribution is 5.88. The van der Waals surface area contributed by atoms with Crippen molar-refractivity contribution < 1.29 is 19.5 Å². The van der Waals surface area contributed by atoms with E-state index in [1.54, 1.807) is 0 Å². The highest BCUT2D eigenvalue weighted by Crippen LogP contribution is 1.98. The average molecular weight is 272 g/mol. The van der Waals surface area contributed by atoms with Crippen LogP contribution in [0.1, 0.15) is 19.3 Å². The third kappa shape index (κ3) is 7.71. The van der Waals surface area contributed by atoms with Gasteiger partial charge in [0.25, 0.3) is 0 Å². The number of rotatable bonds is 9. The Bertz CT molecular complexity index is 347. The van der Waals surface area contributed by atoms with Gasteiger partial charge in [0, 0.05) is 13.0 Å². The second-order valence-electron chi connectivity index (χ2n) is 3.84. The van der Waals surface area contributed by atoms with Crippen LogP contribution in [0.2, 0.25) is 0 Å². The highest BCUT2D eigenvalue weighted by atomic mass is 16.4. The van der Waals surface area contributed by atoms with Crippen molar-refractivity contribution in [2.45, 2.75) is 31.3 Å². The molecular formula is C10H18N5O4. The zero-order valence-corrected chi connectivity index (χ0v) is 10.3. The van der Waals surface area contributed by atoms with Gasteiger partial charge in [0.1, 0.15) is 6.04 Å².